The third-order valence-electron chi connectivity index (χ3n) is 3.39. The van der Waals surface area contributed by atoms with Gasteiger partial charge in [0.2, 0.25) is 0 Å². The van der Waals surface area contributed by atoms with Crippen LogP contribution in [0.2, 0.25) is 0 Å². The molecule has 0 aliphatic carbocycles. The van der Waals surface area contributed by atoms with E-state index < -0.39 is 0 Å². The zero-order valence-electron chi connectivity index (χ0n) is 13.1. The second-order valence-electron chi connectivity index (χ2n) is 5.21. The maximum absolute atomic E-state index is 13.6. The van der Waals surface area contributed by atoms with Gasteiger partial charge < -0.3 is 9.64 Å². The van der Waals surface area contributed by atoms with E-state index in [1.54, 1.807) is 49.5 Å². The first-order chi connectivity index (χ1) is 11.0. The summed E-state index contributed by atoms with van der Waals surface area (Å²) in [5.41, 5.74) is 0.969. The van der Waals surface area contributed by atoms with E-state index in [2.05, 4.69) is 0 Å². The maximum Gasteiger partial charge on any atom is 0.260 e. The Morgan fingerprint density at radius 2 is 1.87 bits per heavy atom. The predicted octanol–water partition coefficient (Wildman–Crippen LogP) is 3.07. The summed E-state index contributed by atoms with van der Waals surface area (Å²) < 4.78 is 19.0. The van der Waals surface area contributed by atoms with E-state index >= 15 is 0 Å². The molecule has 0 radical (unpaired) electrons. The summed E-state index contributed by atoms with van der Waals surface area (Å²) in [5.74, 6) is -0.243. The number of benzene rings is 2. The number of ketones is 1. The number of ether oxygens (including phenoxy) is 1. The number of carbonyl (C=O) groups is 2. The first-order valence-corrected chi connectivity index (χ1v) is 7.18. The summed E-state index contributed by atoms with van der Waals surface area (Å²) in [5, 5.41) is 0. The van der Waals surface area contributed by atoms with Crippen molar-refractivity contribution in [1.29, 1.82) is 0 Å². The largest absolute Gasteiger partial charge is 0.484 e. The molecule has 120 valence electrons. The second kappa shape index (κ2) is 7.54. The average Bonchev–Trinajstić information content (AvgIpc) is 2.55. The lowest BCUT2D eigenvalue weighted by Gasteiger charge is -2.18. The Kier molecular flexibility index (Phi) is 5.46. The summed E-state index contributed by atoms with van der Waals surface area (Å²) in [6.45, 7) is 1.46. The molecule has 0 spiro atoms. The van der Waals surface area contributed by atoms with E-state index in [9.17, 15) is 14.0 Å². The molecule has 1 amide bonds. The van der Waals surface area contributed by atoms with Gasteiger partial charge in [0.1, 0.15) is 11.6 Å². The highest BCUT2D eigenvalue weighted by molar-refractivity contribution is 5.94. The molecule has 23 heavy (non-hydrogen) atoms. The van der Waals surface area contributed by atoms with Gasteiger partial charge in [0, 0.05) is 24.7 Å². The second-order valence-corrected chi connectivity index (χ2v) is 5.21. The predicted molar refractivity (Wildman–Crippen MR) is 84.8 cm³/mol. The summed E-state index contributed by atoms with van der Waals surface area (Å²) in [7, 11) is 1.59. The SMILES string of the molecule is CC(=O)c1cccc(OCC(=O)N(C)Cc2ccccc2F)c1. The number of carbonyl (C=O) groups excluding carboxylic acids is 2. The van der Waals surface area contributed by atoms with Crippen LogP contribution in [0.4, 0.5) is 4.39 Å². The fraction of sp³-hybridized carbons (Fsp3) is 0.222. The van der Waals surface area contributed by atoms with Crippen molar-refractivity contribution in [1.82, 2.24) is 4.90 Å². The molecule has 2 aromatic rings. The Hall–Kier alpha value is -2.69. The molecule has 0 aliphatic heterocycles. The van der Waals surface area contributed by atoms with Gasteiger partial charge in [-0.1, -0.05) is 30.3 Å². The van der Waals surface area contributed by atoms with Crippen LogP contribution < -0.4 is 4.74 Å². The molecular weight excluding hydrogens is 297 g/mol. The molecule has 0 atom stereocenters. The lowest BCUT2D eigenvalue weighted by atomic mass is 10.1. The van der Waals surface area contributed by atoms with E-state index in [4.69, 9.17) is 4.74 Å². The smallest absolute Gasteiger partial charge is 0.260 e. The standard InChI is InChI=1S/C18H18FNO3/c1-13(21)14-7-5-8-16(10-14)23-12-18(22)20(2)11-15-6-3-4-9-17(15)19/h3-10H,11-12H2,1-2H3. The Morgan fingerprint density at radius 3 is 2.57 bits per heavy atom. The van der Waals surface area contributed by atoms with E-state index in [1.807, 2.05) is 0 Å². The van der Waals surface area contributed by atoms with Crippen molar-refractivity contribution in [2.75, 3.05) is 13.7 Å². The van der Waals surface area contributed by atoms with Gasteiger partial charge in [-0.2, -0.15) is 0 Å². The van der Waals surface area contributed by atoms with Gasteiger partial charge in [-0.25, -0.2) is 4.39 Å². The van der Waals surface area contributed by atoms with Crippen molar-refractivity contribution in [2.24, 2.45) is 0 Å². The van der Waals surface area contributed by atoms with Crippen LogP contribution in [0.3, 0.4) is 0 Å². The van der Waals surface area contributed by atoms with Crippen molar-refractivity contribution in [2.45, 2.75) is 13.5 Å². The van der Waals surface area contributed by atoms with Crippen LogP contribution in [0.15, 0.2) is 48.5 Å². The minimum Gasteiger partial charge on any atom is -0.484 e. The highest BCUT2D eigenvalue weighted by atomic mass is 19.1. The zero-order chi connectivity index (χ0) is 16.8. The van der Waals surface area contributed by atoms with Crippen LogP contribution in [-0.4, -0.2) is 30.2 Å². The monoisotopic (exact) mass is 315 g/mol. The molecule has 0 heterocycles. The normalized spacial score (nSPS) is 10.2. The highest BCUT2D eigenvalue weighted by Crippen LogP contribution is 2.14. The number of rotatable bonds is 6. The number of hydrogen-bond donors (Lipinski definition) is 0. The quantitative estimate of drug-likeness (QED) is 0.770. The third kappa shape index (κ3) is 4.64. The van der Waals surface area contributed by atoms with Gasteiger partial charge in [0.05, 0.1) is 0 Å². The Balaban J connectivity index is 1.93. The molecule has 2 rings (SSSR count). The number of amides is 1. The molecule has 0 aromatic heterocycles. The number of nitrogens with zero attached hydrogens (tertiary/aromatic N) is 1. The molecule has 0 saturated carbocycles. The number of Topliss-reactive ketones (excluding diaryl/α,β-unsaturated/α-hetero) is 1. The topological polar surface area (TPSA) is 46.6 Å². The third-order valence-corrected chi connectivity index (χ3v) is 3.39. The van der Waals surface area contributed by atoms with Crippen molar-refractivity contribution in [3.05, 3.63) is 65.5 Å². The Morgan fingerprint density at radius 1 is 1.13 bits per heavy atom. The molecule has 0 fully saturated rings. The Labute approximate surface area is 134 Å². The van der Waals surface area contributed by atoms with Gasteiger partial charge >= 0.3 is 0 Å². The molecule has 0 bridgehead atoms. The Bertz CT molecular complexity index is 715. The summed E-state index contributed by atoms with van der Waals surface area (Å²) in [6.07, 6.45) is 0. The molecule has 5 heteroatoms. The molecule has 0 aliphatic rings. The minimum atomic E-state index is -0.345. The average molecular weight is 315 g/mol. The van der Waals surface area contributed by atoms with Gasteiger partial charge in [0.25, 0.3) is 5.91 Å². The molecular formula is C18H18FNO3. The van der Waals surface area contributed by atoms with Crippen LogP contribution in [-0.2, 0) is 11.3 Å². The molecule has 0 unspecified atom stereocenters. The first-order valence-electron chi connectivity index (χ1n) is 7.18. The maximum atomic E-state index is 13.6. The lowest BCUT2D eigenvalue weighted by molar-refractivity contribution is -0.132. The highest BCUT2D eigenvalue weighted by Gasteiger charge is 2.12. The van der Waals surface area contributed by atoms with Crippen molar-refractivity contribution in [3.63, 3.8) is 0 Å². The van der Waals surface area contributed by atoms with Gasteiger partial charge in [0.15, 0.2) is 12.4 Å². The number of hydrogen-bond acceptors (Lipinski definition) is 3. The van der Waals surface area contributed by atoms with Gasteiger partial charge in [-0.3, -0.25) is 9.59 Å². The molecule has 0 saturated heterocycles. The van der Waals surface area contributed by atoms with Crippen LogP contribution in [0, 0.1) is 5.82 Å². The summed E-state index contributed by atoms with van der Waals surface area (Å²) in [6, 6.07) is 13.0. The molecule has 4 nitrogen and oxygen atoms in total. The van der Waals surface area contributed by atoms with E-state index in [-0.39, 0.29) is 30.7 Å². The van der Waals surface area contributed by atoms with E-state index in [1.165, 1.54) is 17.9 Å². The fourth-order valence-corrected chi connectivity index (χ4v) is 2.03. The first kappa shape index (κ1) is 16.7. The lowest BCUT2D eigenvalue weighted by Crippen LogP contribution is -2.31. The van der Waals surface area contributed by atoms with Gasteiger partial charge in [-0.15, -0.1) is 0 Å². The van der Waals surface area contributed by atoms with E-state index in [0.29, 0.717) is 16.9 Å². The number of halogens is 1. The van der Waals surface area contributed by atoms with Crippen LogP contribution in [0.25, 0.3) is 0 Å². The minimum absolute atomic E-state index is 0.0709. The van der Waals surface area contributed by atoms with Crippen LogP contribution >= 0.6 is 0 Å². The summed E-state index contributed by atoms with van der Waals surface area (Å²) in [4.78, 5) is 24.8. The summed E-state index contributed by atoms with van der Waals surface area (Å²) >= 11 is 0. The van der Waals surface area contributed by atoms with E-state index in [0.717, 1.165) is 0 Å². The molecule has 0 N–H and O–H groups in total. The van der Waals surface area contributed by atoms with Crippen molar-refractivity contribution in [3.8, 4) is 5.75 Å². The fourth-order valence-electron chi connectivity index (χ4n) is 2.03. The van der Waals surface area contributed by atoms with Crippen molar-refractivity contribution < 1.29 is 18.7 Å². The molecule has 2 aromatic carbocycles. The van der Waals surface area contributed by atoms with Crippen molar-refractivity contribution >= 4 is 11.7 Å². The van der Waals surface area contributed by atoms with Crippen LogP contribution in [0.5, 0.6) is 5.75 Å². The zero-order valence-corrected chi connectivity index (χ0v) is 13.1. The van der Waals surface area contributed by atoms with Crippen LogP contribution in [0.1, 0.15) is 22.8 Å². The van der Waals surface area contributed by atoms with Gasteiger partial charge in [-0.05, 0) is 25.1 Å². The number of likely N-dealkylation sites (N-methyl/N-ethyl adjacent to an activating group) is 1.